The first-order valence-corrected chi connectivity index (χ1v) is 35.2. The lowest BCUT2D eigenvalue weighted by Gasteiger charge is -2.32. The van der Waals surface area contributed by atoms with Crippen LogP contribution < -0.4 is 37.1 Å². The topological polar surface area (TPSA) is 133 Å². The first-order valence-electron chi connectivity index (χ1n) is 32.2. The minimum absolute atomic E-state index is 0.156. The summed E-state index contributed by atoms with van der Waals surface area (Å²) in [6.07, 6.45) is 11.0. The molecule has 12 rings (SSSR count). The number of carbonyl (C=O) groups is 1. The summed E-state index contributed by atoms with van der Waals surface area (Å²) in [6, 6.07) is 51.3. The molecule has 8 N–H and O–H groups in total. The Kier molecular flexibility index (Phi) is 27.3. The van der Waals surface area contributed by atoms with Crippen molar-refractivity contribution >= 4 is 99.3 Å². The molecule has 0 heterocycles. The SMILES string of the molecule is CCCc1ccc2c(c1)[C@@H](NC)CC[C@H]2c1ccc(Cl)c(Cl)c1.CN[C@H]1CC[C@@H](c2ccc(Cl)c(Cl)c2)c2ccc(CN)cc21.CN[C@H]1CC[C@@H](c2ccc(Cl)c(Cl)c2)c2ccc(CNCCO)cc21.CN[C@H]1CC[C@@H](c2ccc(Cl)c(Cl)c2)c2ccc(OC=O)cc21. The van der Waals surface area contributed by atoms with Gasteiger partial charge in [0.25, 0.3) is 6.47 Å². The zero-order valence-electron chi connectivity index (χ0n) is 53.3. The van der Waals surface area contributed by atoms with E-state index in [0.717, 1.165) is 75.5 Å². The van der Waals surface area contributed by atoms with Crippen LogP contribution in [0.3, 0.4) is 0 Å². The Bertz CT molecular complexity index is 3830. The van der Waals surface area contributed by atoms with Crippen molar-refractivity contribution in [3.05, 3.63) is 269 Å². The van der Waals surface area contributed by atoms with Crippen LogP contribution in [0.25, 0.3) is 0 Å². The van der Waals surface area contributed by atoms with Crippen LogP contribution in [0.2, 0.25) is 40.2 Å². The van der Waals surface area contributed by atoms with E-state index >= 15 is 0 Å². The molecule has 0 radical (unpaired) electrons. The Hall–Kier alpha value is -4.73. The Labute approximate surface area is 590 Å². The molecule has 0 saturated carbocycles. The van der Waals surface area contributed by atoms with Gasteiger partial charge in [-0.3, -0.25) is 4.79 Å². The summed E-state index contributed by atoms with van der Waals surface area (Å²) in [6.45, 7) is 4.79. The fourth-order valence-corrected chi connectivity index (χ4v) is 15.3. The van der Waals surface area contributed by atoms with Crippen molar-refractivity contribution < 1.29 is 14.6 Å². The number of hydrogen-bond donors (Lipinski definition) is 7. The van der Waals surface area contributed by atoms with Crippen LogP contribution in [-0.2, 0) is 24.3 Å². The molecular formula is C76H84Cl8N6O3. The molecule has 0 saturated heterocycles. The summed E-state index contributed by atoms with van der Waals surface area (Å²) in [5.74, 6) is 1.93. The van der Waals surface area contributed by atoms with Crippen LogP contribution in [0.5, 0.6) is 5.75 Å². The highest BCUT2D eigenvalue weighted by molar-refractivity contribution is 6.43. The Balaban J connectivity index is 0.000000146. The molecule has 0 unspecified atom stereocenters. The number of carbonyl (C=O) groups excluding carboxylic acids is 1. The molecule has 0 amide bonds. The normalized spacial score (nSPS) is 20.2. The van der Waals surface area contributed by atoms with Gasteiger partial charge in [0.05, 0.1) is 46.8 Å². The molecule has 8 aromatic carbocycles. The largest absolute Gasteiger partial charge is 0.429 e. The first kappa shape index (κ1) is 72.5. The Morgan fingerprint density at radius 3 is 1.09 bits per heavy atom. The Morgan fingerprint density at radius 1 is 0.419 bits per heavy atom. The maximum absolute atomic E-state index is 10.6. The summed E-state index contributed by atoms with van der Waals surface area (Å²) in [7, 11) is 8.04. The molecule has 0 fully saturated rings. The first-order chi connectivity index (χ1) is 45.0. The van der Waals surface area contributed by atoms with Gasteiger partial charge < -0.3 is 42.2 Å². The van der Waals surface area contributed by atoms with Gasteiger partial charge in [0.15, 0.2) is 0 Å². The minimum atomic E-state index is 0.156. The maximum Gasteiger partial charge on any atom is 0.298 e. The fourth-order valence-electron chi connectivity index (χ4n) is 14.1. The number of fused-ring (bicyclic) bond motifs is 4. The van der Waals surface area contributed by atoms with E-state index in [-0.39, 0.29) is 18.6 Å². The van der Waals surface area contributed by atoms with E-state index < -0.39 is 0 Å². The quantitative estimate of drug-likeness (QED) is 0.0352. The number of halogens is 8. The van der Waals surface area contributed by atoms with Crippen molar-refractivity contribution in [2.75, 3.05) is 41.3 Å². The van der Waals surface area contributed by atoms with Crippen LogP contribution in [0, 0.1) is 0 Å². The number of rotatable bonds is 17. The number of aliphatic hydroxyl groups is 1. The number of hydrogen-bond acceptors (Lipinski definition) is 9. The van der Waals surface area contributed by atoms with Crippen LogP contribution >= 0.6 is 92.8 Å². The second-order valence-electron chi connectivity index (χ2n) is 24.3. The smallest absolute Gasteiger partial charge is 0.298 e. The van der Waals surface area contributed by atoms with Gasteiger partial charge in [-0.05, 0) is 230 Å². The van der Waals surface area contributed by atoms with E-state index in [2.05, 4.69) is 113 Å². The molecule has 492 valence electrons. The average Bonchev–Trinajstić information content (AvgIpc) is 0.949. The summed E-state index contributed by atoms with van der Waals surface area (Å²) < 4.78 is 4.99. The summed E-state index contributed by atoms with van der Waals surface area (Å²) in [5, 5.41) is 30.7. The van der Waals surface area contributed by atoms with Gasteiger partial charge in [0, 0.05) is 67.5 Å². The molecule has 4 aliphatic rings. The lowest BCUT2D eigenvalue weighted by Crippen LogP contribution is -2.25. The van der Waals surface area contributed by atoms with Crippen molar-refractivity contribution in [3.63, 3.8) is 0 Å². The molecule has 0 bridgehead atoms. The van der Waals surface area contributed by atoms with E-state index in [9.17, 15) is 4.79 Å². The third kappa shape index (κ3) is 17.9. The molecule has 8 aromatic rings. The molecule has 17 heteroatoms. The average molecular weight is 1410 g/mol. The Morgan fingerprint density at radius 2 is 0.753 bits per heavy atom. The van der Waals surface area contributed by atoms with Crippen molar-refractivity contribution in [1.82, 2.24) is 26.6 Å². The van der Waals surface area contributed by atoms with Crippen molar-refractivity contribution in [2.24, 2.45) is 5.73 Å². The summed E-state index contributed by atoms with van der Waals surface area (Å²) in [5.41, 5.74) is 25.2. The van der Waals surface area contributed by atoms with E-state index in [1.54, 1.807) is 0 Å². The number of aliphatic hydroxyl groups excluding tert-OH is 1. The minimum Gasteiger partial charge on any atom is -0.429 e. The number of aryl methyl sites for hydroxylation is 1. The second-order valence-corrected chi connectivity index (χ2v) is 27.6. The predicted octanol–water partition coefficient (Wildman–Crippen LogP) is 19.7. The molecular weight excluding hydrogens is 1330 g/mol. The number of ether oxygens (including phenoxy) is 1. The number of nitrogens with one attached hydrogen (secondary N) is 5. The standard InChI is InChI=1S/C20H24Cl2N2O.C20H23Cl2N.C18H20Cl2N2.C18H17Cl2NO2/c1-23-20-7-5-15(14-3-6-18(21)19(22)11-14)16-4-2-13(10-17(16)20)12-24-8-9-25;1-3-4-13-5-7-16-15(8-10-20(23-2)17(16)11-13)14-6-9-18(21)19(22)12-14;1-22-18-7-5-13(12-3-6-16(19)17(20)9-12)14-4-2-11(10-21)8-15(14)18;1-21-18-7-5-13(11-2-6-16(19)17(20)8-11)14-4-3-12(23-10-22)9-15(14)18/h2-4,6,10-11,15,20,23-25H,5,7-9,12H2,1H3;5-7,9,11-12,15,20,23H,3-4,8,10H2,1-2H3;2-4,6,8-9,13,18,22H,5,7,10,21H2,1H3;2-4,6,8-10,13,18,21H,5,7H2,1H3/t2*15-,20-;2*13-,18-/m0000/s1. The van der Waals surface area contributed by atoms with Crippen LogP contribution in [-0.4, -0.2) is 52.9 Å². The molecule has 0 aliphatic heterocycles. The summed E-state index contributed by atoms with van der Waals surface area (Å²) in [4.78, 5) is 10.6. The van der Waals surface area contributed by atoms with Gasteiger partial charge in [-0.25, -0.2) is 0 Å². The highest BCUT2D eigenvalue weighted by atomic mass is 35.5. The number of nitrogens with two attached hydrogens (primary N) is 1. The van der Waals surface area contributed by atoms with Crippen LogP contribution in [0.4, 0.5) is 0 Å². The van der Waals surface area contributed by atoms with Gasteiger partial charge in [0.2, 0.25) is 0 Å². The van der Waals surface area contributed by atoms with Gasteiger partial charge >= 0.3 is 0 Å². The van der Waals surface area contributed by atoms with E-state index in [1.165, 1.54) is 78.7 Å². The molecule has 9 nitrogen and oxygen atoms in total. The van der Waals surface area contributed by atoms with Crippen molar-refractivity contribution in [3.8, 4) is 5.75 Å². The third-order valence-electron chi connectivity index (χ3n) is 18.8. The van der Waals surface area contributed by atoms with Crippen LogP contribution in [0.15, 0.2) is 146 Å². The lowest BCUT2D eigenvalue weighted by molar-refractivity contribution is -0.120. The highest BCUT2D eigenvalue weighted by Crippen LogP contribution is 2.47. The number of benzene rings is 8. The van der Waals surface area contributed by atoms with Crippen LogP contribution in [0.1, 0.15) is 196 Å². The van der Waals surface area contributed by atoms with E-state index in [0.29, 0.717) is 101 Å². The van der Waals surface area contributed by atoms with Gasteiger partial charge in [0.1, 0.15) is 5.75 Å². The zero-order chi connectivity index (χ0) is 66.3. The summed E-state index contributed by atoms with van der Waals surface area (Å²) >= 11 is 49.1. The van der Waals surface area contributed by atoms with Crippen molar-refractivity contribution in [1.29, 1.82) is 0 Å². The maximum atomic E-state index is 10.6. The molecule has 0 aromatic heterocycles. The molecule has 0 spiro atoms. The molecule has 8 atom stereocenters. The van der Waals surface area contributed by atoms with Gasteiger partial charge in [-0.2, -0.15) is 0 Å². The third-order valence-corrected chi connectivity index (χ3v) is 21.8. The molecule has 4 aliphatic carbocycles. The van der Waals surface area contributed by atoms with Crippen molar-refractivity contribution in [2.45, 2.75) is 132 Å². The highest BCUT2D eigenvalue weighted by Gasteiger charge is 2.32. The lowest BCUT2D eigenvalue weighted by atomic mass is 9.76. The van der Waals surface area contributed by atoms with E-state index in [1.807, 2.05) is 93.9 Å². The monoisotopic (exact) mass is 1410 g/mol. The van der Waals surface area contributed by atoms with Gasteiger partial charge in [-0.1, -0.05) is 191 Å². The van der Waals surface area contributed by atoms with E-state index in [4.69, 9.17) is 108 Å². The predicted molar refractivity (Wildman–Crippen MR) is 390 cm³/mol. The zero-order valence-corrected chi connectivity index (χ0v) is 59.4. The molecule has 93 heavy (non-hydrogen) atoms. The van der Waals surface area contributed by atoms with Gasteiger partial charge in [-0.15, -0.1) is 0 Å². The second kappa shape index (κ2) is 35.0. The fraction of sp³-hybridized carbons (Fsp3) is 0.355.